The van der Waals surface area contributed by atoms with Crippen LogP contribution >= 0.6 is 0 Å². The molecule has 0 N–H and O–H groups in total. The molecule has 0 unspecified atom stereocenters. The van der Waals surface area contributed by atoms with E-state index in [1.54, 1.807) is 0 Å². The number of rotatable bonds is 6. The zero-order chi connectivity index (χ0) is 17.6. The van der Waals surface area contributed by atoms with E-state index >= 15 is 0 Å². The molecule has 0 aliphatic rings. The fourth-order valence-corrected chi connectivity index (χ4v) is 2.92. The van der Waals surface area contributed by atoms with Crippen LogP contribution in [-0.4, -0.2) is 4.98 Å². The second-order valence-corrected chi connectivity index (χ2v) is 6.23. The van der Waals surface area contributed by atoms with Crippen LogP contribution in [0.15, 0.2) is 60.7 Å². The topological polar surface area (TPSA) is 12.9 Å². The Morgan fingerprint density at radius 3 is 1.76 bits per heavy atom. The van der Waals surface area contributed by atoms with Crippen LogP contribution in [0.5, 0.6) is 0 Å². The molecule has 0 bridgehead atoms. The van der Waals surface area contributed by atoms with E-state index in [-0.39, 0.29) is 0 Å². The van der Waals surface area contributed by atoms with Crippen LogP contribution in [0.25, 0.3) is 11.1 Å². The first kappa shape index (κ1) is 17.3. The van der Waals surface area contributed by atoms with Crippen LogP contribution in [0.4, 0.5) is 8.78 Å². The SMILES string of the molecule is CCCc1ccc(-c2ccc(CCc3ccc(F)nc3F)cc2)cc1. The lowest BCUT2D eigenvalue weighted by Crippen LogP contribution is -1.99. The maximum absolute atomic E-state index is 13.6. The number of benzene rings is 2. The molecule has 0 radical (unpaired) electrons. The molecule has 0 atom stereocenters. The first-order valence-electron chi connectivity index (χ1n) is 8.65. The molecule has 3 aromatic rings. The molecule has 128 valence electrons. The molecule has 0 amide bonds. The van der Waals surface area contributed by atoms with Gasteiger partial charge < -0.3 is 0 Å². The molecule has 25 heavy (non-hydrogen) atoms. The number of aryl methyl sites for hydroxylation is 3. The van der Waals surface area contributed by atoms with E-state index in [2.05, 4.69) is 60.4 Å². The lowest BCUT2D eigenvalue weighted by Gasteiger charge is -2.07. The Balaban J connectivity index is 1.65. The van der Waals surface area contributed by atoms with Crippen molar-refractivity contribution in [2.75, 3.05) is 0 Å². The van der Waals surface area contributed by atoms with E-state index in [9.17, 15) is 8.78 Å². The zero-order valence-corrected chi connectivity index (χ0v) is 14.3. The molecule has 1 aromatic heterocycles. The number of hydrogen-bond donors (Lipinski definition) is 0. The summed E-state index contributed by atoms with van der Waals surface area (Å²) in [5.41, 5.74) is 5.28. The van der Waals surface area contributed by atoms with Crippen LogP contribution in [0.1, 0.15) is 30.0 Å². The van der Waals surface area contributed by atoms with Gasteiger partial charge in [-0.15, -0.1) is 0 Å². The number of hydrogen-bond acceptors (Lipinski definition) is 1. The van der Waals surface area contributed by atoms with Gasteiger partial charge in [0.25, 0.3) is 0 Å². The van der Waals surface area contributed by atoms with E-state index in [0.29, 0.717) is 18.4 Å². The van der Waals surface area contributed by atoms with Crippen LogP contribution in [0.2, 0.25) is 0 Å². The van der Waals surface area contributed by atoms with Gasteiger partial charge in [-0.25, -0.2) is 0 Å². The van der Waals surface area contributed by atoms with Crippen LogP contribution in [0, 0.1) is 11.9 Å². The van der Waals surface area contributed by atoms with E-state index in [0.717, 1.165) is 18.4 Å². The summed E-state index contributed by atoms with van der Waals surface area (Å²) in [6.45, 7) is 2.18. The first-order chi connectivity index (χ1) is 12.2. The molecule has 0 fully saturated rings. The highest BCUT2D eigenvalue weighted by Crippen LogP contribution is 2.21. The Morgan fingerprint density at radius 1 is 0.680 bits per heavy atom. The fraction of sp³-hybridized carbons (Fsp3) is 0.227. The van der Waals surface area contributed by atoms with Gasteiger partial charge in [-0.1, -0.05) is 61.9 Å². The standard InChI is InChI=1S/C22H21F2N/c1-2-3-16-4-9-18(10-5-16)19-11-6-17(7-12-19)8-13-20-14-15-21(23)25-22(20)24/h4-7,9-12,14-15H,2-3,8,13H2,1H3. The average molecular weight is 337 g/mol. The van der Waals surface area contributed by atoms with Crippen molar-refractivity contribution < 1.29 is 8.78 Å². The van der Waals surface area contributed by atoms with Crippen LogP contribution in [-0.2, 0) is 19.3 Å². The molecule has 1 nitrogen and oxygen atoms in total. The highest BCUT2D eigenvalue weighted by atomic mass is 19.1. The Labute approximate surface area is 147 Å². The summed E-state index contributed by atoms with van der Waals surface area (Å²) in [7, 11) is 0. The third-order valence-electron chi connectivity index (χ3n) is 4.35. The Kier molecular flexibility index (Phi) is 5.54. The van der Waals surface area contributed by atoms with Crippen molar-refractivity contribution in [1.29, 1.82) is 0 Å². The molecule has 0 aliphatic heterocycles. The van der Waals surface area contributed by atoms with Gasteiger partial charge in [-0.05, 0) is 53.6 Å². The quantitative estimate of drug-likeness (QED) is 0.521. The fourth-order valence-electron chi connectivity index (χ4n) is 2.92. The summed E-state index contributed by atoms with van der Waals surface area (Å²) in [4.78, 5) is 3.23. The van der Waals surface area contributed by atoms with Crippen molar-refractivity contribution in [2.24, 2.45) is 0 Å². The Hall–Kier alpha value is -2.55. The molecule has 3 rings (SSSR count). The van der Waals surface area contributed by atoms with E-state index in [1.165, 1.54) is 28.8 Å². The minimum absolute atomic E-state index is 0.442. The molecule has 0 saturated carbocycles. The van der Waals surface area contributed by atoms with E-state index in [1.807, 2.05) is 0 Å². The smallest absolute Gasteiger partial charge is 0.190 e. The van der Waals surface area contributed by atoms with E-state index < -0.39 is 11.9 Å². The highest BCUT2D eigenvalue weighted by molar-refractivity contribution is 5.64. The predicted molar refractivity (Wildman–Crippen MR) is 97.4 cm³/mol. The normalized spacial score (nSPS) is 10.8. The highest BCUT2D eigenvalue weighted by Gasteiger charge is 2.06. The van der Waals surface area contributed by atoms with Gasteiger partial charge in [-0.3, -0.25) is 0 Å². The first-order valence-corrected chi connectivity index (χ1v) is 8.65. The molecule has 2 aromatic carbocycles. The van der Waals surface area contributed by atoms with Crippen molar-refractivity contribution in [2.45, 2.75) is 32.6 Å². The van der Waals surface area contributed by atoms with Crippen molar-refractivity contribution in [1.82, 2.24) is 4.98 Å². The van der Waals surface area contributed by atoms with Crippen molar-refractivity contribution in [3.63, 3.8) is 0 Å². The maximum Gasteiger partial charge on any atom is 0.218 e. The van der Waals surface area contributed by atoms with Crippen molar-refractivity contribution >= 4 is 0 Å². The molecule has 0 saturated heterocycles. The maximum atomic E-state index is 13.6. The Morgan fingerprint density at radius 2 is 1.24 bits per heavy atom. The minimum Gasteiger partial charge on any atom is -0.190 e. The largest absolute Gasteiger partial charge is 0.218 e. The summed E-state index contributed by atoms with van der Waals surface area (Å²) in [5.74, 6) is -1.50. The van der Waals surface area contributed by atoms with Gasteiger partial charge >= 0.3 is 0 Å². The van der Waals surface area contributed by atoms with Gasteiger partial charge in [0.1, 0.15) is 0 Å². The zero-order valence-electron chi connectivity index (χ0n) is 14.3. The lowest BCUT2D eigenvalue weighted by atomic mass is 9.99. The summed E-state index contributed by atoms with van der Waals surface area (Å²) in [6.07, 6.45) is 3.45. The molecule has 3 heteroatoms. The van der Waals surface area contributed by atoms with Gasteiger partial charge in [-0.2, -0.15) is 13.8 Å². The average Bonchev–Trinajstić information content (AvgIpc) is 2.62. The number of nitrogens with zero attached hydrogens (tertiary/aromatic N) is 1. The van der Waals surface area contributed by atoms with Crippen LogP contribution in [0.3, 0.4) is 0 Å². The van der Waals surface area contributed by atoms with E-state index in [4.69, 9.17) is 0 Å². The van der Waals surface area contributed by atoms with Crippen molar-refractivity contribution in [3.8, 4) is 11.1 Å². The number of aromatic nitrogens is 1. The van der Waals surface area contributed by atoms with Gasteiger partial charge in [0, 0.05) is 5.56 Å². The van der Waals surface area contributed by atoms with Crippen molar-refractivity contribution in [3.05, 3.63) is 89.2 Å². The molecule has 1 heterocycles. The molecular weight excluding hydrogens is 316 g/mol. The Bertz CT molecular complexity index is 824. The summed E-state index contributed by atoms with van der Waals surface area (Å²) in [5, 5.41) is 0. The van der Waals surface area contributed by atoms with Gasteiger partial charge in [0.15, 0.2) is 0 Å². The summed E-state index contributed by atoms with van der Waals surface area (Å²) >= 11 is 0. The number of halogens is 2. The number of pyridine rings is 1. The molecule has 0 aliphatic carbocycles. The third kappa shape index (κ3) is 4.50. The second-order valence-electron chi connectivity index (χ2n) is 6.23. The monoisotopic (exact) mass is 337 g/mol. The van der Waals surface area contributed by atoms with Gasteiger partial charge in [0.2, 0.25) is 11.9 Å². The van der Waals surface area contributed by atoms with Crippen LogP contribution < -0.4 is 0 Å². The summed E-state index contributed by atoms with van der Waals surface area (Å²) in [6, 6.07) is 19.6. The van der Waals surface area contributed by atoms with Gasteiger partial charge in [0.05, 0.1) is 0 Å². The second kappa shape index (κ2) is 8.02. The minimum atomic E-state index is -0.782. The summed E-state index contributed by atoms with van der Waals surface area (Å²) < 4.78 is 26.4. The molecule has 0 spiro atoms. The predicted octanol–water partition coefficient (Wildman–Crippen LogP) is 5.76. The third-order valence-corrected chi connectivity index (χ3v) is 4.35. The molecular formula is C22H21F2N. The lowest BCUT2D eigenvalue weighted by molar-refractivity contribution is 0.502.